The Balaban J connectivity index is 2.15. The van der Waals surface area contributed by atoms with Gasteiger partial charge in [0.1, 0.15) is 5.75 Å². The minimum atomic E-state index is 0.555. The minimum absolute atomic E-state index is 0.555. The molecule has 18 heavy (non-hydrogen) atoms. The smallest absolute Gasteiger partial charge is 0.235 e. The molecule has 0 aliphatic carbocycles. The van der Waals surface area contributed by atoms with Crippen molar-refractivity contribution < 1.29 is 14.3 Å². The number of hydrogen-bond acceptors (Lipinski definition) is 2. The van der Waals surface area contributed by atoms with Gasteiger partial charge in [-0.15, -0.1) is 0 Å². The topological polar surface area (TPSA) is 22.3 Å². The molecule has 0 aliphatic rings. The molecule has 2 rings (SSSR count). The predicted octanol–water partition coefficient (Wildman–Crippen LogP) is 2.23. The number of methoxy groups -OCH3 is 1. The molecule has 0 spiro atoms. The lowest BCUT2D eigenvalue weighted by atomic mass is 10.2. The van der Waals surface area contributed by atoms with Gasteiger partial charge in [0.15, 0.2) is 6.61 Å². The Morgan fingerprint density at radius 3 is 2.17 bits per heavy atom. The highest BCUT2D eigenvalue weighted by molar-refractivity contribution is 5.22. The van der Waals surface area contributed by atoms with Crippen LogP contribution >= 0.6 is 0 Å². The highest BCUT2D eigenvalue weighted by Gasteiger charge is 2.15. The molecule has 0 unspecified atom stereocenters. The number of benzene rings is 1. The Labute approximate surface area is 108 Å². The van der Waals surface area contributed by atoms with E-state index in [9.17, 15) is 0 Å². The molecule has 0 amide bonds. The summed E-state index contributed by atoms with van der Waals surface area (Å²) in [6.07, 6.45) is 0. The maximum Gasteiger partial charge on any atom is 0.235 e. The molecule has 0 N–H and O–H groups in total. The minimum Gasteiger partial charge on any atom is -0.496 e. The molecule has 0 fully saturated rings. The first-order valence-electron chi connectivity index (χ1n) is 5.95. The molecular weight excluding hydrogens is 226 g/mol. The quantitative estimate of drug-likeness (QED) is 0.770. The highest BCUT2D eigenvalue weighted by atomic mass is 16.7. The van der Waals surface area contributed by atoms with Gasteiger partial charge >= 0.3 is 0 Å². The van der Waals surface area contributed by atoms with E-state index in [2.05, 4.69) is 12.1 Å². The zero-order valence-corrected chi connectivity index (χ0v) is 11.0. The predicted molar refractivity (Wildman–Crippen MR) is 69.4 cm³/mol. The van der Waals surface area contributed by atoms with Crippen molar-refractivity contribution in [2.24, 2.45) is 0 Å². The lowest BCUT2D eigenvalue weighted by molar-refractivity contribution is -0.903. The molecule has 0 saturated carbocycles. The van der Waals surface area contributed by atoms with Crippen LogP contribution in [0.5, 0.6) is 5.75 Å². The molecule has 0 atom stereocenters. The number of hydrogen-bond donors (Lipinski definition) is 0. The van der Waals surface area contributed by atoms with Crippen molar-refractivity contribution >= 4 is 0 Å². The monoisotopic (exact) mass is 244 g/mol. The van der Waals surface area contributed by atoms with Gasteiger partial charge in [0.2, 0.25) is 11.4 Å². The van der Waals surface area contributed by atoms with Crippen molar-refractivity contribution in [2.75, 3.05) is 7.11 Å². The largest absolute Gasteiger partial charge is 0.496 e. The summed E-state index contributed by atoms with van der Waals surface area (Å²) in [4.78, 5) is 5.81. The Kier molecular flexibility index (Phi) is 3.82. The van der Waals surface area contributed by atoms with Crippen molar-refractivity contribution in [3.63, 3.8) is 0 Å². The van der Waals surface area contributed by atoms with E-state index in [4.69, 9.17) is 9.57 Å². The fraction of sp³-hybridized carbons (Fsp3) is 0.267. The second-order valence-electron chi connectivity index (χ2n) is 4.23. The lowest BCUT2D eigenvalue weighted by Gasteiger charge is -2.05. The molecular formula is C15H18NO2+. The van der Waals surface area contributed by atoms with E-state index in [1.54, 1.807) is 7.11 Å². The van der Waals surface area contributed by atoms with Crippen molar-refractivity contribution in [1.29, 1.82) is 0 Å². The average Bonchev–Trinajstić information content (AvgIpc) is 2.38. The molecule has 3 nitrogen and oxygen atoms in total. The summed E-state index contributed by atoms with van der Waals surface area (Å²) in [5.41, 5.74) is 3.19. The molecule has 0 radical (unpaired) electrons. The number of rotatable bonds is 4. The summed E-state index contributed by atoms with van der Waals surface area (Å²) in [6, 6.07) is 14.0. The van der Waals surface area contributed by atoms with Gasteiger partial charge in [-0.1, -0.05) is 30.3 Å². The molecule has 1 aromatic carbocycles. The fourth-order valence-corrected chi connectivity index (χ4v) is 1.88. The van der Waals surface area contributed by atoms with Crippen molar-refractivity contribution in [3.05, 3.63) is 59.4 Å². The second-order valence-corrected chi connectivity index (χ2v) is 4.23. The molecule has 0 aliphatic heterocycles. The Hall–Kier alpha value is -2.03. The maximum atomic E-state index is 5.81. The number of ether oxygens (including phenoxy) is 1. The molecule has 0 bridgehead atoms. The highest BCUT2D eigenvalue weighted by Crippen LogP contribution is 2.11. The summed E-state index contributed by atoms with van der Waals surface area (Å²) >= 11 is 0. The summed E-state index contributed by atoms with van der Waals surface area (Å²) in [7, 11) is 1.67. The van der Waals surface area contributed by atoms with Gasteiger partial charge in [-0.2, -0.15) is 0 Å². The van der Waals surface area contributed by atoms with Crippen molar-refractivity contribution in [1.82, 2.24) is 0 Å². The molecule has 0 saturated heterocycles. The maximum absolute atomic E-state index is 5.81. The van der Waals surface area contributed by atoms with Crippen molar-refractivity contribution in [3.8, 4) is 5.75 Å². The first kappa shape index (κ1) is 12.4. The third-order valence-corrected chi connectivity index (χ3v) is 2.78. The molecule has 94 valence electrons. The summed E-state index contributed by atoms with van der Waals surface area (Å²) in [6.45, 7) is 4.56. The molecule has 1 heterocycles. The van der Waals surface area contributed by atoms with Gasteiger partial charge < -0.3 is 4.74 Å². The van der Waals surface area contributed by atoms with Gasteiger partial charge in [-0.25, -0.2) is 0 Å². The lowest BCUT2D eigenvalue weighted by Crippen LogP contribution is -2.47. The van der Waals surface area contributed by atoms with E-state index < -0.39 is 0 Å². The van der Waals surface area contributed by atoms with E-state index in [1.165, 1.54) is 0 Å². The first-order chi connectivity index (χ1) is 8.70. The van der Waals surface area contributed by atoms with Gasteiger partial charge in [-0.05, 0) is 5.56 Å². The van der Waals surface area contributed by atoms with Crippen LogP contribution in [0.2, 0.25) is 0 Å². The third kappa shape index (κ3) is 2.80. The average molecular weight is 244 g/mol. The van der Waals surface area contributed by atoms with Gasteiger partial charge in [0.25, 0.3) is 0 Å². The Morgan fingerprint density at radius 2 is 1.61 bits per heavy atom. The third-order valence-electron chi connectivity index (χ3n) is 2.78. The van der Waals surface area contributed by atoms with Crippen LogP contribution < -0.4 is 14.3 Å². The van der Waals surface area contributed by atoms with Crippen LogP contribution in [0, 0.1) is 13.8 Å². The van der Waals surface area contributed by atoms with Crippen LogP contribution in [0.4, 0.5) is 0 Å². The van der Waals surface area contributed by atoms with Crippen LogP contribution in [0.25, 0.3) is 0 Å². The number of aromatic nitrogens is 1. The van der Waals surface area contributed by atoms with Crippen LogP contribution in [-0.4, -0.2) is 7.11 Å². The molecule has 1 aromatic heterocycles. The van der Waals surface area contributed by atoms with Crippen LogP contribution in [0.3, 0.4) is 0 Å². The number of nitrogens with zero attached hydrogens (tertiary/aromatic N) is 1. The standard InChI is InChI=1S/C15H18NO2/c1-12-9-15(17-3)10-13(2)16(12)18-11-14-7-5-4-6-8-14/h4-10H,11H2,1-3H3/q+1. The van der Waals surface area contributed by atoms with E-state index in [-0.39, 0.29) is 0 Å². The van der Waals surface area contributed by atoms with E-state index in [1.807, 2.05) is 48.9 Å². The van der Waals surface area contributed by atoms with Crippen LogP contribution in [-0.2, 0) is 6.61 Å². The number of aryl methyl sites for hydroxylation is 2. The zero-order chi connectivity index (χ0) is 13.0. The number of pyridine rings is 1. The van der Waals surface area contributed by atoms with E-state index >= 15 is 0 Å². The van der Waals surface area contributed by atoms with Crippen LogP contribution in [0.1, 0.15) is 17.0 Å². The normalized spacial score (nSPS) is 10.2. The summed E-state index contributed by atoms with van der Waals surface area (Å²) < 4.78 is 7.05. The molecule has 2 aromatic rings. The van der Waals surface area contributed by atoms with E-state index in [0.717, 1.165) is 22.7 Å². The van der Waals surface area contributed by atoms with Gasteiger partial charge in [0.05, 0.1) is 19.2 Å². The van der Waals surface area contributed by atoms with E-state index in [0.29, 0.717) is 6.61 Å². The molecule has 3 heteroatoms. The summed E-state index contributed by atoms with van der Waals surface area (Å²) in [5, 5.41) is 0. The Bertz CT molecular complexity index is 500. The first-order valence-corrected chi connectivity index (χ1v) is 5.95. The zero-order valence-electron chi connectivity index (χ0n) is 11.0. The van der Waals surface area contributed by atoms with Gasteiger partial charge in [0, 0.05) is 18.6 Å². The SMILES string of the molecule is COc1cc(C)[n+](OCc2ccccc2)c(C)c1. The fourth-order valence-electron chi connectivity index (χ4n) is 1.88. The summed E-state index contributed by atoms with van der Waals surface area (Å²) in [5.74, 6) is 0.851. The van der Waals surface area contributed by atoms with Crippen LogP contribution in [0.15, 0.2) is 42.5 Å². The second kappa shape index (κ2) is 5.54. The Morgan fingerprint density at radius 1 is 1.00 bits per heavy atom. The van der Waals surface area contributed by atoms with Crippen molar-refractivity contribution in [2.45, 2.75) is 20.5 Å². The van der Waals surface area contributed by atoms with Gasteiger partial charge in [-0.3, -0.25) is 4.84 Å².